The number of hydrogen-bond donors (Lipinski definition) is 0. The molecule has 68 valence electrons. The number of hydrogen-bond acceptors (Lipinski definition) is 2. The predicted octanol–water partition coefficient (Wildman–Crippen LogP) is 2.72. The summed E-state index contributed by atoms with van der Waals surface area (Å²) in [4.78, 5) is 4.29. The van der Waals surface area contributed by atoms with E-state index in [-0.39, 0.29) is 0 Å². The van der Waals surface area contributed by atoms with Gasteiger partial charge in [0.2, 0.25) is 0 Å². The molecule has 1 aromatic heterocycles. The zero-order valence-corrected chi connectivity index (χ0v) is 8.20. The molecule has 0 N–H and O–H groups in total. The number of benzene rings is 1. The van der Waals surface area contributed by atoms with Crippen LogP contribution in [0.15, 0.2) is 24.3 Å². The van der Waals surface area contributed by atoms with E-state index in [1.54, 1.807) is 0 Å². The van der Waals surface area contributed by atoms with Gasteiger partial charge in [-0.15, -0.1) is 0 Å². The molecule has 2 aromatic rings. The Labute approximate surface area is 82.8 Å². The van der Waals surface area contributed by atoms with Crippen molar-refractivity contribution in [2.45, 2.75) is 13.8 Å². The van der Waals surface area contributed by atoms with Crippen LogP contribution in [0, 0.1) is 25.2 Å². The molecule has 0 amide bonds. The second kappa shape index (κ2) is 3.12. The number of aromatic nitrogens is 1. The Morgan fingerprint density at radius 1 is 1.14 bits per heavy atom. The van der Waals surface area contributed by atoms with Crippen molar-refractivity contribution in [3.63, 3.8) is 0 Å². The van der Waals surface area contributed by atoms with E-state index in [0.717, 1.165) is 22.0 Å². The lowest BCUT2D eigenvalue weighted by atomic mass is 10.0. The molecule has 2 rings (SSSR count). The Hall–Kier alpha value is -1.88. The van der Waals surface area contributed by atoms with Crippen molar-refractivity contribution < 1.29 is 0 Å². The van der Waals surface area contributed by atoms with E-state index < -0.39 is 0 Å². The molecular formula is C12H10N2. The van der Waals surface area contributed by atoms with Crippen LogP contribution in [-0.4, -0.2) is 4.98 Å². The molecule has 0 atom stereocenters. The largest absolute Gasteiger partial charge is 0.237 e. The fourth-order valence-corrected chi connectivity index (χ4v) is 1.58. The van der Waals surface area contributed by atoms with Crippen molar-refractivity contribution in [1.29, 1.82) is 5.26 Å². The van der Waals surface area contributed by atoms with Crippen LogP contribution in [0.2, 0.25) is 0 Å². The lowest BCUT2D eigenvalue weighted by Gasteiger charge is -2.06. The molecule has 0 radical (unpaired) electrons. The number of para-hydroxylation sites is 1. The van der Waals surface area contributed by atoms with Crippen LogP contribution >= 0.6 is 0 Å². The normalized spacial score (nSPS) is 10.1. The SMILES string of the molecule is Cc1c(C#N)nc2ccccc2c1C. The number of nitriles is 1. The first-order chi connectivity index (χ1) is 6.74. The van der Waals surface area contributed by atoms with Crippen LogP contribution in [0.4, 0.5) is 0 Å². The van der Waals surface area contributed by atoms with Gasteiger partial charge in [-0.3, -0.25) is 0 Å². The molecule has 1 aromatic carbocycles. The molecule has 0 spiro atoms. The summed E-state index contributed by atoms with van der Waals surface area (Å²) < 4.78 is 0. The number of rotatable bonds is 0. The lowest BCUT2D eigenvalue weighted by molar-refractivity contribution is 1.22. The average Bonchev–Trinajstić information content (AvgIpc) is 2.23. The Morgan fingerprint density at radius 2 is 1.86 bits per heavy atom. The summed E-state index contributed by atoms with van der Waals surface area (Å²) in [5.41, 5.74) is 3.55. The molecule has 2 nitrogen and oxygen atoms in total. The maximum absolute atomic E-state index is 8.89. The minimum absolute atomic E-state index is 0.529. The number of aryl methyl sites for hydroxylation is 1. The minimum Gasteiger partial charge on any atom is -0.237 e. The second-order valence-electron chi connectivity index (χ2n) is 3.34. The van der Waals surface area contributed by atoms with Gasteiger partial charge in [0.1, 0.15) is 11.8 Å². The highest BCUT2D eigenvalue weighted by Gasteiger charge is 2.06. The van der Waals surface area contributed by atoms with Crippen LogP contribution < -0.4 is 0 Å². The summed E-state index contributed by atoms with van der Waals surface area (Å²) in [7, 11) is 0. The fourth-order valence-electron chi connectivity index (χ4n) is 1.58. The molecule has 2 heteroatoms. The first-order valence-electron chi connectivity index (χ1n) is 4.50. The highest BCUT2D eigenvalue weighted by Crippen LogP contribution is 2.21. The van der Waals surface area contributed by atoms with Gasteiger partial charge in [-0.25, -0.2) is 4.98 Å². The smallest absolute Gasteiger partial charge is 0.144 e. The van der Waals surface area contributed by atoms with Gasteiger partial charge in [0.25, 0.3) is 0 Å². The molecule has 0 bridgehead atoms. The quantitative estimate of drug-likeness (QED) is 0.628. The van der Waals surface area contributed by atoms with E-state index in [9.17, 15) is 0 Å². The van der Waals surface area contributed by atoms with Crippen molar-refractivity contribution in [2.24, 2.45) is 0 Å². The van der Waals surface area contributed by atoms with Crippen LogP contribution in [0.1, 0.15) is 16.8 Å². The summed E-state index contributed by atoms with van der Waals surface area (Å²) in [6.45, 7) is 3.97. The summed E-state index contributed by atoms with van der Waals surface area (Å²) in [5, 5.41) is 10.0. The highest BCUT2D eigenvalue weighted by atomic mass is 14.7. The van der Waals surface area contributed by atoms with Gasteiger partial charge in [-0.2, -0.15) is 5.26 Å². The Bertz CT molecular complexity index is 536. The van der Waals surface area contributed by atoms with Crippen molar-refractivity contribution in [2.75, 3.05) is 0 Å². The van der Waals surface area contributed by atoms with Gasteiger partial charge in [0.15, 0.2) is 0 Å². The van der Waals surface area contributed by atoms with Crippen LogP contribution in [-0.2, 0) is 0 Å². The van der Waals surface area contributed by atoms with Gasteiger partial charge in [-0.05, 0) is 31.0 Å². The molecule has 0 unspecified atom stereocenters. The highest BCUT2D eigenvalue weighted by molar-refractivity contribution is 5.83. The molecule has 0 saturated carbocycles. The van der Waals surface area contributed by atoms with E-state index >= 15 is 0 Å². The van der Waals surface area contributed by atoms with Gasteiger partial charge in [-0.1, -0.05) is 18.2 Å². The molecular weight excluding hydrogens is 172 g/mol. The van der Waals surface area contributed by atoms with E-state index in [0.29, 0.717) is 5.69 Å². The summed E-state index contributed by atoms with van der Waals surface area (Å²) in [6.07, 6.45) is 0. The van der Waals surface area contributed by atoms with Crippen molar-refractivity contribution in [3.05, 3.63) is 41.1 Å². The third kappa shape index (κ3) is 1.14. The third-order valence-corrected chi connectivity index (χ3v) is 2.56. The van der Waals surface area contributed by atoms with E-state index in [1.807, 2.05) is 38.1 Å². The number of fused-ring (bicyclic) bond motifs is 1. The van der Waals surface area contributed by atoms with E-state index in [1.165, 1.54) is 0 Å². The maximum Gasteiger partial charge on any atom is 0.144 e. The topological polar surface area (TPSA) is 36.7 Å². The van der Waals surface area contributed by atoms with Crippen LogP contribution in [0.25, 0.3) is 10.9 Å². The third-order valence-electron chi connectivity index (χ3n) is 2.56. The first-order valence-corrected chi connectivity index (χ1v) is 4.50. The number of nitrogens with zero attached hydrogens (tertiary/aromatic N) is 2. The predicted molar refractivity (Wildman–Crippen MR) is 55.9 cm³/mol. The monoisotopic (exact) mass is 182 g/mol. The van der Waals surface area contributed by atoms with E-state index in [4.69, 9.17) is 5.26 Å². The van der Waals surface area contributed by atoms with Gasteiger partial charge in [0.05, 0.1) is 5.52 Å². The molecule has 14 heavy (non-hydrogen) atoms. The van der Waals surface area contributed by atoms with E-state index in [2.05, 4.69) is 11.1 Å². The zero-order valence-electron chi connectivity index (χ0n) is 8.20. The summed E-state index contributed by atoms with van der Waals surface area (Å²) in [6, 6.07) is 10.0. The summed E-state index contributed by atoms with van der Waals surface area (Å²) in [5.74, 6) is 0. The van der Waals surface area contributed by atoms with Crippen molar-refractivity contribution >= 4 is 10.9 Å². The second-order valence-corrected chi connectivity index (χ2v) is 3.34. The zero-order chi connectivity index (χ0) is 10.1. The molecule has 0 saturated heterocycles. The molecule has 0 aliphatic rings. The van der Waals surface area contributed by atoms with Crippen molar-refractivity contribution in [1.82, 2.24) is 4.98 Å². The average molecular weight is 182 g/mol. The number of pyridine rings is 1. The molecule has 0 aliphatic heterocycles. The van der Waals surface area contributed by atoms with Crippen LogP contribution in [0.5, 0.6) is 0 Å². The van der Waals surface area contributed by atoms with Gasteiger partial charge < -0.3 is 0 Å². The van der Waals surface area contributed by atoms with Crippen LogP contribution in [0.3, 0.4) is 0 Å². The molecule has 0 aliphatic carbocycles. The molecule has 1 heterocycles. The fraction of sp³-hybridized carbons (Fsp3) is 0.167. The Morgan fingerprint density at radius 3 is 2.57 bits per heavy atom. The lowest BCUT2D eigenvalue weighted by Crippen LogP contribution is -1.93. The van der Waals surface area contributed by atoms with Crippen molar-refractivity contribution in [3.8, 4) is 6.07 Å². The standard InChI is InChI=1S/C12H10N2/c1-8-9(2)12(7-13)14-11-6-4-3-5-10(8)11/h3-6H,1-2H3. The van der Waals surface area contributed by atoms with Gasteiger partial charge >= 0.3 is 0 Å². The summed E-state index contributed by atoms with van der Waals surface area (Å²) >= 11 is 0. The Balaban J connectivity index is 2.94. The Kier molecular flexibility index (Phi) is 1.94. The minimum atomic E-state index is 0.529. The van der Waals surface area contributed by atoms with Gasteiger partial charge in [0, 0.05) is 5.39 Å². The molecule has 0 fully saturated rings. The maximum atomic E-state index is 8.89. The first kappa shape index (κ1) is 8.71.